The molecule has 0 aliphatic heterocycles. The van der Waals surface area contributed by atoms with Gasteiger partial charge in [-0.15, -0.1) is 0 Å². The van der Waals surface area contributed by atoms with Crippen LogP contribution in [0, 0.1) is 207 Å². The second-order valence-electron chi connectivity index (χ2n) is 37.8. The Kier molecular flexibility index (Phi) is 14.9. The summed E-state index contributed by atoms with van der Waals surface area (Å²) in [6.07, 6.45) is 83.3. The summed E-state index contributed by atoms with van der Waals surface area (Å²) in [5, 5.41) is 0. The molecule has 18 fully saturated rings. The molecule has 23 aliphatic rings. The van der Waals surface area contributed by atoms with Crippen molar-refractivity contribution in [3.63, 3.8) is 0 Å². The predicted molar refractivity (Wildman–Crippen MR) is 349 cm³/mol. The maximum Gasteiger partial charge on any atom is -0.0196 e. The van der Waals surface area contributed by atoms with Crippen LogP contribution >= 0.6 is 0 Å². The minimum absolute atomic E-state index is 0.698. The fourth-order valence-electron chi connectivity index (χ4n) is 30.7. The van der Waals surface area contributed by atoms with Crippen molar-refractivity contribution >= 4 is 0 Å². The maximum absolute atomic E-state index is 2.59. The Morgan fingerprint density at radius 2 is 0.500 bits per heavy atom. The third-order valence-corrected chi connectivity index (χ3v) is 34.5. The first kappa shape index (κ1) is 55.5. The van der Waals surface area contributed by atoms with E-state index in [1.807, 2.05) is 0 Å². The van der Waals surface area contributed by atoms with Crippen LogP contribution in [0.2, 0.25) is 0 Å². The Morgan fingerprint density at radius 1 is 0.190 bits per heavy atom. The Balaban J connectivity index is 0.0000000800. The Hall–Kier alpha value is -1.30. The highest BCUT2D eigenvalue weighted by atomic mass is 14.6. The highest BCUT2D eigenvalue weighted by Crippen LogP contribution is 2.68. The zero-order valence-electron chi connectivity index (χ0n) is 54.1. The van der Waals surface area contributed by atoms with Crippen LogP contribution in [0.3, 0.4) is 0 Å². The van der Waals surface area contributed by atoms with Crippen LogP contribution in [-0.2, 0) is 0 Å². The molecule has 18 saturated carbocycles. The van der Waals surface area contributed by atoms with Gasteiger partial charge >= 0.3 is 0 Å². The second-order valence-corrected chi connectivity index (χ2v) is 37.8. The molecule has 0 amide bonds. The van der Waals surface area contributed by atoms with Crippen molar-refractivity contribution in [2.45, 2.75) is 251 Å². The van der Waals surface area contributed by atoms with E-state index in [0.29, 0.717) is 5.41 Å². The topological polar surface area (TPSA) is 0 Å². The highest BCUT2D eigenvalue weighted by Gasteiger charge is 2.60. The van der Waals surface area contributed by atoms with E-state index in [-0.39, 0.29) is 0 Å². The summed E-state index contributed by atoms with van der Waals surface area (Å²) in [6.45, 7) is 5.03. The van der Waals surface area contributed by atoms with Crippen LogP contribution < -0.4 is 0 Å². The van der Waals surface area contributed by atoms with Crippen LogP contribution in [-0.4, -0.2) is 0 Å². The largest absolute Gasteiger partial charge is 0.0851 e. The molecule has 0 aromatic rings. The van der Waals surface area contributed by atoms with E-state index in [4.69, 9.17) is 0 Å². The molecule has 23 aliphatic carbocycles. The lowest BCUT2D eigenvalue weighted by atomic mass is 9.45. The molecule has 33 unspecified atom stereocenters. The van der Waals surface area contributed by atoms with Gasteiger partial charge in [-0.2, -0.15) is 0 Å². The van der Waals surface area contributed by atoms with Gasteiger partial charge in [0.2, 0.25) is 0 Å². The minimum atomic E-state index is 0.698. The van der Waals surface area contributed by atoms with Gasteiger partial charge in [-0.1, -0.05) is 139 Å². The molecule has 0 heterocycles. The van der Waals surface area contributed by atoms with Crippen molar-refractivity contribution in [2.24, 2.45) is 207 Å². The smallest absolute Gasteiger partial charge is 0.0196 e. The average Bonchev–Trinajstić information content (AvgIpc) is 2.70. The van der Waals surface area contributed by atoms with E-state index in [1.165, 1.54) is 86.9 Å². The third kappa shape index (κ3) is 9.89. The molecule has 0 spiro atoms. The van der Waals surface area contributed by atoms with Crippen molar-refractivity contribution in [1.29, 1.82) is 0 Å². The molecule has 0 heteroatoms. The molecular weight excluding hydrogens is 1010 g/mol. The number of fused-ring (bicyclic) bond motifs is 24. The van der Waals surface area contributed by atoms with Gasteiger partial charge in [-0.05, 0) is 380 Å². The lowest BCUT2D eigenvalue weighted by molar-refractivity contribution is -0.103. The third-order valence-electron chi connectivity index (χ3n) is 34.5. The molecule has 460 valence electrons. The average molecular weight is 1130 g/mol. The summed E-state index contributed by atoms with van der Waals surface area (Å²) in [7, 11) is 0. The zero-order valence-corrected chi connectivity index (χ0v) is 54.1. The quantitative estimate of drug-likeness (QED) is 0.241. The van der Waals surface area contributed by atoms with E-state index < -0.39 is 0 Å². The van der Waals surface area contributed by atoms with Gasteiger partial charge in [-0.3, -0.25) is 0 Å². The van der Waals surface area contributed by atoms with Gasteiger partial charge in [0, 0.05) is 0 Å². The second kappa shape index (κ2) is 22.5. The highest BCUT2D eigenvalue weighted by molar-refractivity contribution is 5.18. The van der Waals surface area contributed by atoms with Crippen LogP contribution in [0.4, 0.5) is 0 Å². The molecule has 0 nitrogen and oxygen atoms in total. The van der Waals surface area contributed by atoms with Crippen LogP contribution in [0.25, 0.3) is 0 Å². The lowest BCUT2D eigenvalue weighted by Crippen LogP contribution is -2.51. The monoisotopic (exact) mass is 1130 g/mol. The summed E-state index contributed by atoms with van der Waals surface area (Å²) in [5.74, 6) is 37.0. The molecule has 0 radical (unpaired) electrons. The number of hydrogen-bond acceptors (Lipinski definition) is 0. The van der Waals surface area contributed by atoms with E-state index in [2.05, 4.69) is 74.6 Å². The Bertz CT molecular complexity index is 2440. The van der Waals surface area contributed by atoms with E-state index >= 15 is 0 Å². The molecule has 0 saturated heterocycles. The van der Waals surface area contributed by atoms with Crippen LogP contribution in [0.1, 0.15) is 251 Å². The van der Waals surface area contributed by atoms with Crippen LogP contribution in [0.15, 0.2) is 60.8 Å². The zero-order chi connectivity index (χ0) is 55.4. The minimum Gasteiger partial charge on any atom is -0.0851 e. The fourth-order valence-corrected chi connectivity index (χ4v) is 30.7. The summed E-state index contributed by atoms with van der Waals surface area (Å²) in [4.78, 5) is 0. The van der Waals surface area contributed by atoms with Gasteiger partial charge in [0.1, 0.15) is 0 Å². The van der Waals surface area contributed by atoms with Gasteiger partial charge in [-0.25, -0.2) is 0 Å². The lowest BCUT2D eigenvalue weighted by Gasteiger charge is -2.60. The van der Waals surface area contributed by atoms with Crippen molar-refractivity contribution in [3.05, 3.63) is 60.8 Å². The first-order valence-corrected chi connectivity index (χ1v) is 39.7. The van der Waals surface area contributed by atoms with Crippen molar-refractivity contribution < 1.29 is 0 Å². The van der Waals surface area contributed by atoms with Gasteiger partial charge in [0.05, 0.1) is 0 Å². The molecule has 0 aromatic carbocycles. The standard InChI is InChI=1S/C18H26.C17H24.C17H26.2C16H24/c1-2-4-15-14(3-1)13-9-17(15)18(10-13)16-8-11-5-6-12(16)7-11;1-2-13-12-8-16(14(13)3-1)17(9-12)15-7-10-4-5-11(15)6-10;1-2-4-14-11-16(8-7-13(14)3-1)17-10-12-5-6-15(17)9-12;1-16(2)13-7-12(8-14(16)9-13)15-6-10-3-4-11(15)5-10;1-2-12-6-7-15(10-13(12)3-1)16-9-11-4-5-14(16)8-11/h5-6,11-18H,1-4,7-10H2;4-5,10-17H,1-3,6-9H2;5-6,12-17H,1-4,7-11H2;3-4,10-15H,5-9H2,1-2H3;4-5,11-16H,1-3,6-10H2. The van der Waals surface area contributed by atoms with Crippen molar-refractivity contribution in [3.8, 4) is 0 Å². The van der Waals surface area contributed by atoms with Gasteiger partial charge in [0.15, 0.2) is 0 Å². The summed E-state index contributed by atoms with van der Waals surface area (Å²) in [6, 6.07) is 0. The number of hydrogen-bond donors (Lipinski definition) is 0. The Labute approximate surface area is 515 Å². The fraction of sp³-hybridized carbons (Fsp3) is 0.881. The summed E-state index contributed by atoms with van der Waals surface area (Å²) < 4.78 is 0. The first-order valence-electron chi connectivity index (χ1n) is 39.7. The maximum atomic E-state index is 2.59. The molecular formula is C84H124. The molecule has 0 aromatic heterocycles. The van der Waals surface area contributed by atoms with Gasteiger partial charge < -0.3 is 0 Å². The van der Waals surface area contributed by atoms with Crippen LogP contribution in [0.5, 0.6) is 0 Å². The van der Waals surface area contributed by atoms with E-state index in [0.717, 1.165) is 166 Å². The number of allylic oxidation sites excluding steroid dienone is 10. The predicted octanol–water partition coefficient (Wildman–Crippen LogP) is 22.4. The van der Waals surface area contributed by atoms with E-state index in [9.17, 15) is 0 Å². The molecule has 23 rings (SSSR count). The van der Waals surface area contributed by atoms with Crippen molar-refractivity contribution in [2.75, 3.05) is 0 Å². The normalized spacial score (nSPS) is 57.4. The first-order chi connectivity index (χ1) is 41.2. The van der Waals surface area contributed by atoms with Crippen molar-refractivity contribution in [1.82, 2.24) is 0 Å². The summed E-state index contributed by atoms with van der Waals surface area (Å²) in [5.41, 5.74) is 0.698. The molecule has 33 atom stereocenters. The molecule has 16 bridgehead atoms. The van der Waals surface area contributed by atoms with E-state index in [1.54, 1.807) is 186 Å². The number of rotatable bonds is 5. The molecule has 84 heavy (non-hydrogen) atoms. The van der Waals surface area contributed by atoms with Gasteiger partial charge in [0.25, 0.3) is 0 Å². The Morgan fingerprint density at radius 3 is 0.917 bits per heavy atom. The SMILES string of the molecule is C1=CC2CC1CC2C1CC2CC1C1CCCC21.C1=CC2CC1CC2C1CC2CC1C1CCCCC21.C1=CC2CC1CC2C1CCC2CCCC2C1.C1=CC2CC1CC2C1CCC2CCCCC2C1.CC1(C)C2CC(C3CC4C=CC3C4)CC1C2. The molecule has 0 N–H and O–H groups in total. The summed E-state index contributed by atoms with van der Waals surface area (Å²) >= 11 is 0.